The molecule has 16 heavy (non-hydrogen) atoms. The molecule has 0 aromatic heterocycles. The maximum atomic E-state index is 11.1. The average molecular weight is 237 g/mol. The van der Waals surface area contributed by atoms with E-state index in [1.807, 2.05) is 0 Å². The summed E-state index contributed by atoms with van der Waals surface area (Å²) in [6, 6.07) is 5.00. The molecule has 0 saturated heterocycles. The summed E-state index contributed by atoms with van der Waals surface area (Å²) in [4.78, 5) is 11.9. The number of carbonyl (C=O) groups is 1. The zero-order chi connectivity index (χ0) is 11.5. The number of hydrogen-bond donors (Lipinski definition) is 2. The van der Waals surface area contributed by atoms with Crippen LogP contribution in [-0.4, -0.2) is 16.3 Å². The van der Waals surface area contributed by atoms with Gasteiger partial charge in [0, 0.05) is 15.8 Å². The molecule has 3 N–H and O–H groups in total. The van der Waals surface area contributed by atoms with Gasteiger partial charge in [0.2, 0.25) is 0 Å². The molecule has 1 aromatic rings. The van der Waals surface area contributed by atoms with Gasteiger partial charge in [0.15, 0.2) is 0 Å². The van der Waals surface area contributed by atoms with E-state index < -0.39 is 5.97 Å². The number of carboxylic acids is 1. The Bertz CT molecular complexity index is 400. The van der Waals surface area contributed by atoms with Gasteiger partial charge in [-0.05, 0) is 31.0 Å². The lowest BCUT2D eigenvalue weighted by atomic mass is 10.2. The fourth-order valence-electron chi connectivity index (χ4n) is 2.00. The van der Waals surface area contributed by atoms with Crippen molar-refractivity contribution < 1.29 is 9.90 Å². The lowest BCUT2D eigenvalue weighted by Crippen LogP contribution is -2.02. The Morgan fingerprint density at radius 1 is 1.38 bits per heavy atom. The summed E-state index contributed by atoms with van der Waals surface area (Å²) < 4.78 is 0. The van der Waals surface area contributed by atoms with E-state index >= 15 is 0 Å². The number of carboxylic acid groups (broad SMARTS) is 1. The van der Waals surface area contributed by atoms with Crippen LogP contribution in [0.2, 0.25) is 0 Å². The van der Waals surface area contributed by atoms with Crippen LogP contribution in [0.15, 0.2) is 23.1 Å². The van der Waals surface area contributed by atoms with E-state index in [9.17, 15) is 4.79 Å². The summed E-state index contributed by atoms with van der Waals surface area (Å²) in [6.07, 6.45) is 4.86. The van der Waals surface area contributed by atoms with Crippen LogP contribution >= 0.6 is 11.8 Å². The molecule has 0 radical (unpaired) electrons. The number of rotatable bonds is 3. The van der Waals surface area contributed by atoms with E-state index in [2.05, 4.69) is 0 Å². The smallest absolute Gasteiger partial charge is 0.336 e. The van der Waals surface area contributed by atoms with E-state index in [1.54, 1.807) is 30.0 Å². The molecule has 1 saturated carbocycles. The summed E-state index contributed by atoms with van der Waals surface area (Å²) in [5.74, 6) is -0.875. The number of nitrogens with two attached hydrogens (primary N) is 1. The summed E-state index contributed by atoms with van der Waals surface area (Å²) >= 11 is 1.66. The molecule has 0 aliphatic heterocycles. The first kappa shape index (κ1) is 11.3. The highest BCUT2D eigenvalue weighted by Crippen LogP contribution is 2.37. The van der Waals surface area contributed by atoms with Crippen LogP contribution in [0, 0.1) is 0 Å². The first-order chi connectivity index (χ1) is 7.66. The van der Waals surface area contributed by atoms with Gasteiger partial charge in [-0.3, -0.25) is 0 Å². The monoisotopic (exact) mass is 237 g/mol. The Labute approximate surface area is 99.0 Å². The minimum Gasteiger partial charge on any atom is -0.478 e. The molecule has 1 aliphatic rings. The molecule has 1 aliphatic carbocycles. The number of aromatic carboxylic acids is 1. The van der Waals surface area contributed by atoms with Gasteiger partial charge in [0.25, 0.3) is 0 Å². The van der Waals surface area contributed by atoms with E-state index in [4.69, 9.17) is 10.8 Å². The molecule has 4 heteroatoms. The summed E-state index contributed by atoms with van der Waals surface area (Å²) in [5, 5.41) is 9.63. The van der Waals surface area contributed by atoms with Crippen molar-refractivity contribution in [1.29, 1.82) is 0 Å². The minimum atomic E-state index is -0.875. The van der Waals surface area contributed by atoms with Crippen molar-refractivity contribution in [3.05, 3.63) is 23.8 Å². The molecule has 0 spiro atoms. The van der Waals surface area contributed by atoms with Crippen LogP contribution in [0.1, 0.15) is 36.0 Å². The summed E-state index contributed by atoms with van der Waals surface area (Å²) in [6.45, 7) is 0. The zero-order valence-corrected chi connectivity index (χ0v) is 9.80. The molecule has 3 nitrogen and oxygen atoms in total. The topological polar surface area (TPSA) is 63.3 Å². The molecule has 1 aromatic carbocycles. The largest absolute Gasteiger partial charge is 0.478 e. The van der Waals surface area contributed by atoms with Crippen molar-refractivity contribution in [1.82, 2.24) is 0 Å². The van der Waals surface area contributed by atoms with E-state index in [1.165, 1.54) is 25.7 Å². The standard InChI is InChI=1S/C12H15NO2S/c13-8-5-6-10(12(14)15)11(7-8)16-9-3-1-2-4-9/h5-7,9H,1-4,13H2,(H,14,15). The molecule has 0 atom stereocenters. The minimum absolute atomic E-state index is 0.367. The fraction of sp³-hybridized carbons (Fsp3) is 0.417. The quantitative estimate of drug-likeness (QED) is 0.793. The van der Waals surface area contributed by atoms with Crippen LogP contribution in [0.3, 0.4) is 0 Å². The van der Waals surface area contributed by atoms with E-state index in [0.29, 0.717) is 16.5 Å². The number of hydrogen-bond acceptors (Lipinski definition) is 3. The van der Waals surface area contributed by atoms with Crippen LogP contribution < -0.4 is 5.73 Å². The first-order valence-electron chi connectivity index (χ1n) is 5.46. The Hall–Kier alpha value is -1.16. The normalized spacial score (nSPS) is 16.5. The molecule has 0 bridgehead atoms. The molecule has 1 fully saturated rings. The van der Waals surface area contributed by atoms with Gasteiger partial charge < -0.3 is 10.8 Å². The first-order valence-corrected chi connectivity index (χ1v) is 6.34. The van der Waals surface area contributed by atoms with E-state index in [-0.39, 0.29) is 0 Å². The molecular weight excluding hydrogens is 222 g/mol. The third-order valence-electron chi connectivity index (χ3n) is 2.83. The maximum Gasteiger partial charge on any atom is 0.336 e. The molecule has 86 valence electrons. The number of nitrogen functional groups attached to an aromatic ring is 1. The number of benzene rings is 1. The van der Waals surface area contributed by atoms with Gasteiger partial charge in [0.05, 0.1) is 5.56 Å². The fourth-order valence-corrected chi connectivity index (χ4v) is 3.41. The highest BCUT2D eigenvalue weighted by Gasteiger charge is 2.19. The van der Waals surface area contributed by atoms with Crippen LogP contribution in [0.4, 0.5) is 5.69 Å². The van der Waals surface area contributed by atoms with Gasteiger partial charge in [-0.15, -0.1) is 11.8 Å². The van der Waals surface area contributed by atoms with Crippen molar-refractivity contribution in [3.8, 4) is 0 Å². The highest BCUT2D eigenvalue weighted by molar-refractivity contribution is 8.00. The SMILES string of the molecule is Nc1ccc(C(=O)O)c(SC2CCCC2)c1. The highest BCUT2D eigenvalue weighted by atomic mass is 32.2. The third-order valence-corrected chi connectivity index (χ3v) is 4.23. The predicted octanol–water partition coefficient (Wildman–Crippen LogP) is 3.00. The van der Waals surface area contributed by atoms with Gasteiger partial charge in [-0.2, -0.15) is 0 Å². The van der Waals surface area contributed by atoms with Crippen molar-refractivity contribution in [3.63, 3.8) is 0 Å². The predicted molar refractivity (Wildman–Crippen MR) is 65.9 cm³/mol. The molecule has 0 unspecified atom stereocenters. The second-order valence-corrected chi connectivity index (χ2v) is 5.43. The van der Waals surface area contributed by atoms with Crippen molar-refractivity contribution in [2.75, 3.05) is 5.73 Å². The molecular formula is C12H15NO2S. The third kappa shape index (κ3) is 2.50. The van der Waals surface area contributed by atoms with Gasteiger partial charge in [-0.25, -0.2) is 4.79 Å². The van der Waals surface area contributed by atoms with Crippen LogP contribution in [0.5, 0.6) is 0 Å². The Morgan fingerprint density at radius 3 is 2.69 bits per heavy atom. The Kier molecular flexibility index (Phi) is 3.39. The lowest BCUT2D eigenvalue weighted by molar-refractivity contribution is 0.0693. The molecule has 2 rings (SSSR count). The molecule has 0 amide bonds. The van der Waals surface area contributed by atoms with E-state index in [0.717, 1.165) is 4.90 Å². The van der Waals surface area contributed by atoms with Crippen LogP contribution in [-0.2, 0) is 0 Å². The summed E-state index contributed by atoms with van der Waals surface area (Å²) in [5.41, 5.74) is 6.69. The summed E-state index contributed by atoms with van der Waals surface area (Å²) in [7, 11) is 0. The number of thioether (sulfide) groups is 1. The zero-order valence-electron chi connectivity index (χ0n) is 8.98. The van der Waals surface area contributed by atoms with Crippen molar-refractivity contribution in [2.24, 2.45) is 0 Å². The Morgan fingerprint density at radius 2 is 2.06 bits per heavy atom. The van der Waals surface area contributed by atoms with Crippen molar-refractivity contribution in [2.45, 2.75) is 35.8 Å². The maximum absolute atomic E-state index is 11.1. The lowest BCUT2D eigenvalue weighted by Gasteiger charge is -2.11. The van der Waals surface area contributed by atoms with Crippen molar-refractivity contribution >= 4 is 23.4 Å². The average Bonchev–Trinajstić information content (AvgIpc) is 2.70. The Balaban J connectivity index is 2.22. The second kappa shape index (κ2) is 4.78. The number of anilines is 1. The van der Waals surface area contributed by atoms with Gasteiger partial charge >= 0.3 is 5.97 Å². The van der Waals surface area contributed by atoms with Crippen LogP contribution in [0.25, 0.3) is 0 Å². The van der Waals surface area contributed by atoms with Gasteiger partial charge in [-0.1, -0.05) is 12.8 Å². The molecule has 0 heterocycles. The second-order valence-electron chi connectivity index (χ2n) is 4.09. The van der Waals surface area contributed by atoms with Gasteiger partial charge in [0.1, 0.15) is 0 Å².